The van der Waals surface area contributed by atoms with Gasteiger partial charge in [-0.15, -0.1) is 0 Å². The Kier molecular flexibility index (Phi) is 4.63. The topological polar surface area (TPSA) is 52.3 Å². The molecule has 0 radical (unpaired) electrons. The minimum absolute atomic E-state index is 0.00953. The van der Waals surface area contributed by atoms with E-state index in [9.17, 15) is 9.18 Å². The number of rotatable bonds is 3. The van der Waals surface area contributed by atoms with E-state index in [1.807, 2.05) is 19.9 Å². The minimum atomic E-state index is -0.477. The van der Waals surface area contributed by atoms with Gasteiger partial charge in [0.2, 0.25) is 0 Å². The van der Waals surface area contributed by atoms with Crippen LogP contribution in [0.5, 0.6) is 0 Å². The summed E-state index contributed by atoms with van der Waals surface area (Å²) >= 11 is 3.29. The molecule has 0 fully saturated rings. The first-order valence-corrected chi connectivity index (χ1v) is 7.15. The van der Waals surface area contributed by atoms with Crippen molar-refractivity contribution in [3.8, 4) is 0 Å². The summed E-state index contributed by atoms with van der Waals surface area (Å²) in [6.45, 7) is 3.69. The van der Waals surface area contributed by atoms with Gasteiger partial charge in [0.25, 0.3) is 0 Å². The molecule has 3 nitrogen and oxygen atoms in total. The number of carbonyl (C=O) groups excluding carboxylic acids is 1. The third-order valence-electron chi connectivity index (χ3n) is 3.20. The van der Waals surface area contributed by atoms with Crippen molar-refractivity contribution < 1.29 is 13.9 Å². The van der Waals surface area contributed by atoms with Gasteiger partial charge >= 0.3 is 5.97 Å². The fourth-order valence-corrected chi connectivity index (χ4v) is 2.32. The molecule has 110 valence electrons. The molecule has 0 aromatic heterocycles. The lowest BCUT2D eigenvalue weighted by molar-refractivity contribution is 0.0470. The van der Waals surface area contributed by atoms with Gasteiger partial charge in [0.05, 0.1) is 5.56 Å². The molecule has 0 amide bonds. The number of halogens is 2. The van der Waals surface area contributed by atoms with Crippen LogP contribution in [0.15, 0.2) is 34.8 Å². The van der Waals surface area contributed by atoms with Crippen molar-refractivity contribution >= 4 is 27.6 Å². The van der Waals surface area contributed by atoms with Crippen LogP contribution in [0.1, 0.15) is 27.0 Å². The Morgan fingerprint density at radius 2 is 1.95 bits per heavy atom. The molecule has 2 aromatic rings. The van der Waals surface area contributed by atoms with Crippen molar-refractivity contribution in [3.63, 3.8) is 0 Å². The molecule has 0 aliphatic heterocycles. The number of ether oxygens (including phenoxy) is 1. The van der Waals surface area contributed by atoms with E-state index in [1.165, 1.54) is 12.1 Å². The summed E-state index contributed by atoms with van der Waals surface area (Å²) in [5.41, 5.74) is 9.06. The highest BCUT2D eigenvalue weighted by Crippen LogP contribution is 2.21. The molecule has 0 heterocycles. The van der Waals surface area contributed by atoms with Crippen LogP contribution in [0.3, 0.4) is 0 Å². The average molecular weight is 352 g/mol. The quantitative estimate of drug-likeness (QED) is 0.667. The predicted molar refractivity (Wildman–Crippen MR) is 83.5 cm³/mol. The highest BCUT2D eigenvalue weighted by atomic mass is 79.9. The van der Waals surface area contributed by atoms with Gasteiger partial charge in [-0.3, -0.25) is 0 Å². The third kappa shape index (κ3) is 3.61. The maximum atomic E-state index is 13.2. The molecule has 0 aliphatic rings. The number of hydrogen-bond donors (Lipinski definition) is 1. The molecule has 2 N–H and O–H groups in total. The number of nitrogens with two attached hydrogens (primary N) is 1. The van der Waals surface area contributed by atoms with E-state index in [0.717, 1.165) is 11.1 Å². The number of anilines is 1. The standard InChI is InChI=1S/C16H15BrFNO2/c1-9-5-10(2)15(19)7-13(9)16(20)21-8-11-6-12(18)3-4-14(11)17/h3-7H,8,19H2,1-2H3. The first-order chi connectivity index (χ1) is 9.88. The van der Waals surface area contributed by atoms with E-state index in [-0.39, 0.29) is 12.4 Å². The largest absolute Gasteiger partial charge is 0.457 e. The summed E-state index contributed by atoms with van der Waals surface area (Å²) < 4.78 is 19.1. The second-order valence-corrected chi connectivity index (χ2v) is 5.69. The summed E-state index contributed by atoms with van der Waals surface area (Å²) in [4.78, 5) is 12.1. The van der Waals surface area contributed by atoms with Gasteiger partial charge in [-0.1, -0.05) is 22.0 Å². The number of benzene rings is 2. The molecule has 5 heteroatoms. The highest BCUT2D eigenvalue weighted by molar-refractivity contribution is 9.10. The van der Waals surface area contributed by atoms with Crippen molar-refractivity contribution in [2.75, 3.05) is 5.73 Å². The van der Waals surface area contributed by atoms with Gasteiger partial charge in [0.1, 0.15) is 12.4 Å². The summed E-state index contributed by atoms with van der Waals surface area (Å²) in [6.07, 6.45) is 0. The van der Waals surface area contributed by atoms with Crippen LogP contribution < -0.4 is 5.73 Å². The zero-order chi connectivity index (χ0) is 15.6. The van der Waals surface area contributed by atoms with E-state index < -0.39 is 5.97 Å². The molecule has 0 bridgehead atoms. The zero-order valence-corrected chi connectivity index (χ0v) is 13.3. The lowest BCUT2D eigenvalue weighted by Gasteiger charge is -2.10. The lowest BCUT2D eigenvalue weighted by Crippen LogP contribution is -2.09. The second kappa shape index (κ2) is 6.26. The van der Waals surface area contributed by atoms with Gasteiger partial charge in [0.15, 0.2) is 0 Å². The lowest BCUT2D eigenvalue weighted by atomic mass is 10.0. The van der Waals surface area contributed by atoms with Gasteiger partial charge in [-0.25, -0.2) is 9.18 Å². The van der Waals surface area contributed by atoms with E-state index in [2.05, 4.69) is 15.9 Å². The number of carbonyl (C=O) groups is 1. The van der Waals surface area contributed by atoms with Crippen molar-refractivity contribution in [2.24, 2.45) is 0 Å². The average Bonchev–Trinajstić information content (AvgIpc) is 2.43. The molecule has 0 spiro atoms. The highest BCUT2D eigenvalue weighted by Gasteiger charge is 2.13. The predicted octanol–water partition coefficient (Wildman–Crippen LogP) is 4.14. The molecule has 0 saturated carbocycles. The molecule has 2 rings (SSSR count). The van der Waals surface area contributed by atoms with Crippen LogP contribution in [0.25, 0.3) is 0 Å². The Morgan fingerprint density at radius 1 is 1.24 bits per heavy atom. The molecule has 21 heavy (non-hydrogen) atoms. The Labute approximate surface area is 131 Å². The number of hydrogen-bond acceptors (Lipinski definition) is 3. The number of nitrogen functional groups attached to an aromatic ring is 1. The van der Waals surface area contributed by atoms with Crippen LogP contribution in [-0.2, 0) is 11.3 Å². The molecular formula is C16H15BrFNO2. The van der Waals surface area contributed by atoms with Crippen LogP contribution in [0.2, 0.25) is 0 Å². The summed E-state index contributed by atoms with van der Waals surface area (Å²) in [6, 6.07) is 7.68. The maximum absolute atomic E-state index is 13.2. The summed E-state index contributed by atoms with van der Waals surface area (Å²) in [5, 5.41) is 0. The Hall–Kier alpha value is -1.88. The molecule has 0 aliphatic carbocycles. The summed E-state index contributed by atoms with van der Waals surface area (Å²) in [5.74, 6) is -0.852. The van der Waals surface area contributed by atoms with Gasteiger partial charge in [0, 0.05) is 15.7 Å². The summed E-state index contributed by atoms with van der Waals surface area (Å²) in [7, 11) is 0. The van der Waals surface area contributed by atoms with E-state index >= 15 is 0 Å². The molecule has 0 saturated heterocycles. The first-order valence-electron chi connectivity index (χ1n) is 6.36. The van der Waals surface area contributed by atoms with E-state index in [0.29, 0.717) is 21.3 Å². The van der Waals surface area contributed by atoms with Crippen molar-refractivity contribution in [2.45, 2.75) is 20.5 Å². The maximum Gasteiger partial charge on any atom is 0.338 e. The van der Waals surface area contributed by atoms with E-state index in [1.54, 1.807) is 12.1 Å². The molecule has 0 atom stereocenters. The minimum Gasteiger partial charge on any atom is -0.457 e. The number of esters is 1. The van der Waals surface area contributed by atoms with Crippen LogP contribution in [-0.4, -0.2) is 5.97 Å². The van der Waals surface area contributed by atoms with Crippen LogP contribution in [0, 0.1) is 19.7 Å². The SMILES string of the molecule is Cc1cc(C)c(C(=O)OCc2cc(F)ccc2Br)cc1N. The molecular weight excluding hydrogens is 337 g/mol. The van der Waals surface area contributed by atoms with Crippen molar-refractivity contribution in [3.05, 3.63) is 62.9 Å². The monoisotopic (exact) mass is 351 g/mol. The van der Waals surface area contributed by atoms with Crippen molar-refractivity contribution in [1.82, 2.24) is 0 Å². The smallest absolute Gasteiger partial charge is 0.338 e. The zero-order valence-electron chi connectivity index (χ0n) is 11.7. The van der Waals surface area contributed by atoms with E-state index in [4.69, 9.17) is 10.5 Å². The fourth-order valence-electron chi connectivity index (χ4n) is 1.96. The van der Waals surface area contributed by atoms with Gasteiger partial charge < -0.3 is 10.5 Å². The first kappa shape index (κ1) is 15.5. The fraction of sp³-hybridized carbons (Fsp3) is 0.188. The normalized spacial score (nSPS) is 10.5. The number of aryl methyl sites for hydroxylation is 2. The third-order valence-corrected chi connectivity index (χ3v) is 3.97. The second-order valence-electron chi connectivity index (χ2n) is 4.84. The van der Waals surface area contributed by atoms with Crippen molar-refractivity contribution in [1.29, 1.82) is 0 Å². The molecule has 0 unspecified atom stereocenters. The van der Waals surface area contributed by atoms with Crippen LogP contribution in [0.4, 0.5) is 10.1 Å². The Morgan fingerprint density at radius 3 is 2.67 bits per heavy atom. The van der Waals surface area contributed by atoms with Gasteiger partial charge in [-0.05, 0) is 49.2 Å². The molecule has 2 aromatic carbocycles. The van der Waals surface area contributed by atoms with Crippen LogP contribution >= 0.6 is 15.9 Å². The Balaban J connectivity index is 2.15. The van der Waals surface area contributed by atoms with Gasteiger partial charge in [-0.2, -0.15) is 0 Å². The Bertz CT molecular complexity index is 701.